The summed E-state index contributed by atoms with van der Waals surface area (Å²) in [5, 5.41) is 7.79. The lowest BCUT2D eigenvalue weighted by Gasteiger charge is -2.19. The first-order valence-electron chi connectivity index (χ1n) is 9.56. The Balaban J connectivity index is 1.84. The zero-order valence-corrected chi connectivity index (χ0v) is 17.3. The van der Waals surface area contributed by atoms with Crippen LogP contribution >= 0.6 is 11.3 Å². The van der Waals surface area contributed by atoms with Gasteiger partial charge in [-0.25, -0.2) is 0 Å². The molecule has 5 heteroatoms. The molecule has 0 aliphatic rings. The molecule has 1 heterocycles. The number of benzene rings is 2. The number of nitrogens with one attached hydrogen (secondary N) is 2. The van der Waals surface area contributed by atoms with Gasteiger partial charge >= 0.3 is 0 Å². The minimum Gasteiger partial charge on any atom is -0.344 e. The predicted molar refractivity (Wildman–Crippen MR) is 119 cm³/mol. The fraction of sp³-hybridized carbons (Fsp3) is 0.167. The van der Waals surface area contributed by atoms with Crippen LogP contribution in [-0.4, -0.2) is 11.8 Å². The molecule has 0 aliphatic carbocycles. The zero-order valence-electron chi connectivity index (χ0n) is 16.5. The van der Waals surface area contributed by atoms with Crippen molar-refractivity contribution in [2.75, 3.05) is 0 Å². The van der Waals surface area contributed by atoms with E-state index in [1.54, 1.807) is 12.1 Å². The number of aryl methyl sites for hydroxylation is 1. The van der Waals surface area contributed by atoms with Crippen molar-refractivity contribution < 1.29 is 9.59 Å². The van der Waals surface area contributed by atoms with Crippen molar-refractivity contribution in [2.45, 2.75) is 26.3 Å². The molecule has 0 saturated heterocycles. The van der Waals surface area contributed by atoms with E-state index in [0.29, 0.717) is 5.56 Å². The lowest BCUT2D eigenvalue weighted by atomic mass is 10.0. The van der Waals surface area contributed by atoms with E-state index >= 15 is 0 Å². The summed E-state index contributed by atoms with van der Waals surface area (Å²) in [5.41, 5.74) is 2.67. The second-order valence-electron chi connectivity index (χ2n) is 6.69. The Kier molecular flexibility index (Phi) is 6.98. The third kappa shape index (κ3) is 5.42. The second kappa shape index (κ2) is 9.85. The minimum atomic E-state index is -0.309. The second-order valence-corrected chi connectivity index (χ2v) is 7.67. The topological polar surface area (TPSA) is 58.2 Å². The highest BCUT2D eigenvalue weighted by atomic mass is 32.1. The highest BCUT2D eigenvalue weighted by molar-refractivity contribution is 7.10. The maximum absolute atomic E-state index is 13.1. The maximum atomic E-state index is 13.1. The van der Waals surface area contributed by atoms with Crippen LogP contribution in [0.2, 0.25) is 0 Å². The Morgan fingerprint density at radius 3 is 2.38 bits per heavy atom. The average Bonchev–Trinajstić information content (AvgIpc) is 3.25. The van der Waals surface area contributed by atoms with Gasteiger partial charge in [0.25, 0.3) is 11.8 Å². The Bertz CT molecular complexity index is 995. The molecule has 3 rings (SSSR count). The molecule has 3 aromatic rings. The van der Waals surface area contributed by atoms with Crippen LogP contribution in [0.3, 0.4) is 0 Å². The zero-order chi connectivity index (χ0) is 20.6. The minimum absolute atomic E-state index is 0.134. The van der Waals surface area contributed by atoms with E-state index in [1.165, 1.54) is 11.3 Å². The summed E-state index contributed by atoms with van der Waals surface area (Å²) in [6.45, 7) is 3.90. The van der Waals surface area contributed by atoms with Crippen LogP contribution in [-0.2, 0) is 4.79 Å². The molecule has 29 heavy (non-hydrogen) atoms. The Morgan fingerprint density at radius 2 is 1.72 bits per heavy atom. The standard InChI is InChI=1S/C24H24N2O2S/c1-3-21(18-11-5-4-6-12-18)25-24(28)22(16-19-13-9-15-29-19)26-23(27)20-14-8-7-10-17(20)2/h4-16,21H,3H2,1-2H3,(H,25,28)(H,26,27)/b22-16-/t21-/m1/s1. The molecular weight excluding hydrogens is 380 g/mol. The number of amides is 2. The highest BCUT2D eigenvalue weighted by Crippen LogP contribution is 2.18. The predicted octanol–water partition coefficient (Wildman–Crippen LogP) is 5.09. The van der Waals surface area contributed by atoms with E-state index in [9.17, 15) is 9.59 Å². The molecule has 0 bridgehead atoms. The molecule has 0 radical (unpaired) electrons. The summed E-state index contributed by atoms with van der Waals surface area (Å²) in [4.78, 5) is 26.8. The molecule has 1 aromatic heterocycles. The molecule has 2 aromatic carbocycles. The van der Waals surface area contributed by atoms with Crippen molar-refractivity contribution in [3.05, 3.63) is 99.4 Å². The number of carbonyl (C=O) groups excluding carboxylic acids is 2. The third-order valence-corrected chi connectivity index (χ3v) is 5.45. The van der Waals surface area contributed by atoms with Crippen molar-refractivity contribution in [2.24, 2.45) is 0 Å². The van der Waals surface area contributed by atoms with Gasteiger partial charge in [0, 0.05) is 10.4 Å². The average molecular weight is 405 g/mol. The molecule has 1 atom stereocenters. The van der Waals surface area contributed by atoms with Gasteiger partial charge in [0.15, 0.2) is 0 Å². The van der Waals surface area contributed by atoms with Crippen molar-refractivity contribution in [1.82, 2.24) is 10.6 Å². The van der Waals surface area contributed by atoms with Crippen LogP contribution in [0.25, 0.3) is 6.08 Å². The quantitative estimate of drug-likeness (QED) is 0.539. The fourth-order valence-corrected chi connectivity index (χ4v) is 3.69. The van der Waals surface area contributed by atoms with Crippen LogP contribution < -0.4 is 10.6 Å². The third-order valence-electron chi connectivity index (χ3n) is 4.63. The van der Waals surface area contributed by atoms with Crippen molar-refractivity contribution >= 4 is 29.2 Å². The summed E-state index contributed by atoms with van der Waals surface area (Å²) >= 11 is 1.51. The van der Waals surface area contributed by atoms with E-state index in [0.717, 1.165) is 22.4 Å². The SMILES string of the molecule is CC[C@@H](NC(=O)/C(=C/c1cccs1)NC(=O)c1ccccc1C)c1ccccc1. The Labute approximate surface area is 175 Å². The Morgan fingerprint density at radius 1 is 1.00 bits per heavy atom. The van der Waals surface area contributed by atoms with Crippen LogP contribution in [0, 0.1) is 6.92 Å². The van der Waals surface area contributed by atoms with E-state index in [1.807, 2.05) is 79.9 Å². The van der Waals surface area contributed by atoms with Gasteiger partial charge in [-0.2, -0.15) is 0 Å². The molecule has 0 aliphatic heterocycles. The summed E-state index contributed by atoms with van der Waals surface area (Å²) in [7, 11) is 0. The number of thiophene rings is 1. The smallest absolute Gasteiger partial charge is 0.268 e. The van der Waals surface area contributed by atoms with E-state index in [2.05, 4.69) is 10.6 Å². The first-order valence-corrected chi connectivity index (χ1v) is 10.4. The van der Waals surface area contributed by atoms with Gasteiger partial charge in [-0.3, -0.25) is 9.59 Å². The van der Waals surface area contributed by atoms with Gasteiger partial charge in [-0.05, 0) is 48.1 Å². The molecule has 2 N–H and O–H groups in total. The first-order chi connectivity index (χ1) is 14.1. The molecule has 4 nitrogen and oxygen atoms in total. The van der Waals surface area contributed by atoms with Crippen LogP contribution in [0.4, 0.5) is 0 Å². The molecule has 0 spiro atoms. The van der Waals surface area contributed by atoms with E-state index in [-0.39, 0.29) is 23.6 Å². The van der Waals surface area contributed by atoms with Crippen LogP contribution in [0.1, 0.15) is 45.7 Å². The molecule has 0 unspecified atom stereocenters. The van der Waals surface area contributed by atoms with Crippen molar-refractivity contribution in [1.29, 1.82) is 0 Å². The number of rotatable bonds is 7. The summed E-state index contributed by atoms with van der Waals surface area (Å²) in [6, 6.07) is 20.8. The fourth-order valence-electron chi connectivity index (χ4n) is 3.03. The first kappa shape index (κ1) is 20.6. The maximum Gasteiger partial charge on any atom is 0.268 e. The summed E-state index contributed by atoms with van der Waals surface area (Å²) in [6.07, 6.45) is 2.46. The van der Waals surface area contributed by atoms with Crippen LogP contribution in [0.15, 0.2) is 77.8 Å². The van der Waals surface area contributed by atoms with Gasteiger partial charge in [0.2, 0.25) is 0 Å². The number of hydrogen-bond acceptors (Lipinski definition) is 3. The van der Waals surface area contributed by atoms with Crippen LogP contribution in [0.5, 0.6) is 0 Å². The largest absolute Gasteiger partial charge is 0.344 e. The molecular formula is C24H24N2O2S. The molecule has 0 saturated carbocycles. The van der Waals surface area contributed by atoms with Crippen molar-refractivity contribution in [3.63, 3.8) is 0 Å². The van der Waals surface area contributed by atoms with Gasteiger partial charge in [-0.15, -0.1) is 11.3 Å². The lowest BCUT2D eigenvalue weighted by Crippen LogP contribution is -2.36. The molecule has 148 valence electrons. The normalized spacial score (nSPS) is 12.3. The van der Waals surface area contributed by atoms with E-state index in [4.69, 9.17) is 0 Å². The summed E-state index contributed by atoms with van der Waals surface area (Å²) in [5.74, 6) is -0.607. The summed E-state index contributed by atoms with van der Waals surface area (Å²) < 4.78 is 0. The number of carbonyl (C=O) groups is 2. The monoisotopic (exact) mass is 404 g/mol. The molecule has 0 fully saturated rings. The van der Waals surface area contributed by atoms with Gasteiger partial charge < -0.3 is 10.6 Å². The Hall–Kier alpha value is -3.18. The lowest BCUT2D eigenvalue weighted by molar-refractivity contribution is -0.118. The highest BCUT2D eigenvalue weighted by Gasteiger charge is 2.19. The van der Waals surface area contributed by atoms with Gasteiger partial charge in [-0.1, -0.05) is 61.5 Å². The molecule has 2 amide bonds. The van der Waals surface area contributed by atoms with Crippen molar-refractivity contribution in [3.8, 4) is 0 Å². The number of hydrogen-bond donors (Lipinski definition) is 2. The van der Waals surface area contributed by atoms with E-state index < -0.39 is 0 Å². The van der Waals surface area contributed by atoms with Gasteiger partial charge in [0.05, 0.1) is 6.04 Å². The van der Waals surface area contributed by atoms with Gasteiger partial charge in [0.1, 0.15) is 5.70 Å².